The van der Waals surface area contributed by atoms with Crippen molar-refractivity contribution in [3.8, 4) is 0 Å². The van der Waals surface area contributed by atoms with E-state index in [1.165, 1.54) is 0 Å². The smallest absolute Gasteiger partial charge is 0.272 e. The lowest BCUT2D eigenvalue weighted by Crippen LogP contribution is -2.31. The predicted octanol–water partition coefficient (Wildman–Crippen LogP) is 3.45. The molecule has 1 N–H and O–H groups in total. The van der Waals surface area contributed by atoms with Gasteiger partial charge < -0.3 is 14.6 Å². The second-order valence-electron chi connectivity index (χ2n) is 7.05. The summed E-state index contributed by atoms with van der Waals surface area (Å²) in [5.74, 6) is 0.586. The molecule has 1 saturated heterocycles. The van der Waals surface area contributed by atoms with Crippen molar-refractivity contribution in [2.75, 3.05) is 13.1 Å². The number of fused-ring (bicyclic) bond motifs is 1. The van der Waals surface area contributed by atoms with Gasteiger partial charge in [0.25, 0.3) is 11.8 Å². The second-order valence-corrected chi connectivity index (χ2v) is 7.05. The van der Waals surface area contributed by atoms with Crippen LogP contribution < -0.4 is 5.32 Å². The van der Waals surface area contributed by atoms with Crippen LogP contribution in [-0.4, -0.2) is 39.2 Å². The molecule has 3 aromatic rings. The van der Waals surface area contributed by atoms with Gasteiger partial charge >= 0.3 is 0 Å². The van der Waals surface area contributed by atoms with Crippen molar-refractivity contribution in [3.63, 3.8) is 0 Å². The number of hydrogen-bond acceptors (Lipinski definition) is 3. The Labute approximate surface area is 164 Å². The average Bonchev–Trinajstić information content (AvgIpc) is 3.37. The lowest BCUT2D eigenvalue weighted by Gasteiger charge is -2.24. The summed E-state index contributed by atoms with van der Waals surface area (Å²) < 4.78 is 1.95. The van der Waals surface area contributed by atoms with Gasteiger partial charge in [0.15, 0.2) is 5.69 Å². The van der Waals surface area contributed by atoms with E-state index in [9.17, 15) is 9.59 Å². The second kappa shape index (κ2) is 7.84. The van der Waals surface area contributed by atoms with Crippen molar-refractivity contribution in [1.29, 1.82) is 0 Å². The Kier molecular flexibility index (Phi) is 5.10. The highest BCUT2D eigenvalue weighted by Crippen LogP contribution is 2.33. The molecule has 6 heteroatoms. The van der Waals surface area contributed by atoms with Crippen LogP contribution in [0.1, 0.15) is 58.9 Å². The molecule has 6 nitrogen and oxygen atoms in total. The van der Waals surface area contributed by atoms with Gasteiger partial charge in [-0.25, -0.2) is 4.98 Å². The molecule has 3 heterocycles. The van der Waals surface area contributed by atoms with Gasteiger partial charge in [0.1, 0.15) is 5.82 Å². The largest absolute Gasteiger partial charge is 0.351 e. The van der Waals surface area contributed by atoms with Crippen molar-refractivity contribution in [1.82, 2.24) is 19.6 Å². The first kappa shape index (κ1) is 18.2. The highest BCUT2D eigenvalue weighted by atomic mass is 16.2. The number of rotatable bonds is 5. The van der Waals surface area contributed by atoms with Crippen molar-refractivity contribution in [2.45, 2.75) is 32.2 Å². The first-order chi connectivity index (χ1) is 13.7. The molecule has 0 bridgehead atoms. The van der Waals surface area contributed by atoms with Crippen molar-refractivity contribution in [2.24, 2.45) is 0 Å². The van der Waals surface area contributed by atoms with Gasteiger partial charge in [0.05, 0.1) is 11.6 Å². The Morgan fingerprint density at radius 2 is 1.93 bits per heavy atom. The number of carbonyl (C=O) groups is 2. The number of aromatic nitrogens is 2. The van der Waals surface area contributed by atoms with Crippen LogP contribution in [0, 0.1) is 0 Å². The molecule has 0 spiro atoms. The van der Waals surface area contributed by atoms with Crippen LogP contribution in [0.3, 0.4) is 0 Å². The van der Waals surface area contributed by atoms with E-state index in [2.05, 4.69) is 5.32 Å². The number of nitrogens with one attached hydrogen (secondary N) is 1. The molecule has 1 aromatic carbocycles. The van der Waals surface area contributed by atoms with E-state index in [1.807, 2.05) is 71.0 Å². The van der Waals surface area contributed by atoms with Crippen LogP contribution in [0.5, 0.6) is 0 Å². The SMILES string of the molecule is CCCNC(=O)c1nc([C@@H]2CCCN2C(=O)c2ccccc2)n2ccccc12. The zero-order valence-corrected chi connectivity index (χ0v) is 16.0. The minimum Gasteiger partial charge on any atom is -0.351 e. The minimum atomic E-state index is -0.171. The summed E-state index contributed by atoms with van der Waals surface area (Å²) in [5.41, 5.74) is 1.87. The number of nitrogens with zero attached hydrogens (tertiary/aromatic N) is 3. The van der Waals surface area contributed by atoms with Gasteiger partial charge in [0, 0.05) is 24.8 Å². The standard InChI is InChI=1S/C22H24N4O2/c1-2-13-23-21(27)19-17-11-6-7-14-25(17)20(24-19)18-12-8-15-26(18)22(28)16-9-4-3-5-10-16/h3-7,9-11,14,18H,2,8,12-13,15H2,1H3,(H,23,27)/t18-/m0/s1. The summed E-state index contributed by atoms with van der Waals surface area (Å²) in [6.45, 7) is 3.32. The number of amides is 2. The summed E-state index contributed by atoms with van der Waals surface area (Å²) in [5, 5.41) is 2.91. The van der Waals surface area contributed by atoms with E-state index >= 15 is 0 Å². The molecule has 1 atom stereocenters. The maximum Gasteiger partial charge on any atom is 0.272 e. The average molecular weight is 376 g/mol. The Balaban J connectivity index is 1.72. The van der Waals surface area contributed by atoms with Gasteiger partial charge in [-0.1, -0.05) is 31.2 Å². The van der Waals surface area contributed by atoms with Crippen LogP contribution in [0.15, 0.2) is 54.7 Å². The third kappa shape index (κ3) is 3.26. The summed E-state index contributed by atoms with van der Waals surface area (Å²) in [4.78, 5) is 32.3. The number of likely N-dealkylation sites (tertiary alicyclic amines) is 1. The fourth-order valence-corrected chi connectivity index (χ4v) is 3.81. The molecular weight excluding hydrogens is 352 g/mol. The quantitative estimate of drug-likeness (QED) is 0.742. The van der Waals surface area contributed by atoms with E-state index in [1.54, 1.807) is 0 Å². The molecule has 28 heavy (non-hydrogen) atoms. The Morgan fingerprint density at radius 3 is 2.71 bits per heavy atom. The van der Waals surface area contributed by atoms with Gasteiger partial charge in [0.2, 0.25) is 0 Å². The van der Waals surface area contributed by atoms with E-state index in [0.29, 0.717) is 24.3 Å². The number of carbonyl (C=O) groups excluding carboxylic acids is 2. The summed E-state index contributed by atoms with van der Waals surface area (Å²) in [6.07, 6.45) is 4.54. The molecule has 2 amide bonds. The highest BCUT2D eigenvalue weighted by Gasteiger charge is 2.34. The van der Waals surface area contributed by atoms with E-state index in [-0.39, 0.29) is 17.9 Å². The zero-order chi connectivity index (χ0) is 19.5. The lowest BCUT2D eigenvalue weighted by molar-refractivity contribution is 0.0729. The van der Waals surface area contributed by atoms with E-state index in [4.69, 9.17) is 4.98 Å². The lowest BCUT2D eigenvalue weighted by atomic mass is 10.1. The predicted molar refractivity (Wildman–Crippen MR) is 107 cm³/mol. The van der Waals surface area contributed by atoms with Gasteiger partial charge in [-0.15, -0.1) is 0 Å². The number of benzene rings is 1. The fraction of sp³-hybridized carbons (Fsp3) is 0.318. The molecule has 1 aliphatic heterocycles. The van der Waals surface area contributed by atoms with Crippen LogP contribution in [0.25, 0.3) is 5.52 Å². The van der Waals surface area contributed by atoms with Crippen molar-refractivity contribution in [3.05, 3.63) is 71.8 Å². The molecule has 0 saturated carbocycles. The van der Waals surface area contributed by atoms with Gasteiger partial charge in [-0.3, -0.25) is 9.59 Å². The molecule has 1 aliphatic rings. The number of imidazole rings is 1. The molecule has 0 radical (unpaired) electrons. The summed E-state index contributed by atoms with van der Waals surface area (Å²) in [6, 6.07) is 14.9. The van der Waals surface area contributed by atoms with Gasteiger partial charge in [-0.2, -0.15) is 0 Å². The maximum absolute atomic E-state index is 13.1. The summed E-state index contributed by atoms with van der Waals surface area (Å²) in [7, 11) is 0. The highest BCUT2D eigenvalue weighted by molar-refractivity contribution is 5.99. The Morgan fingerprint density at radius 1 is 1.14 bits per heavy atom. The summed E-state index contributed by atoms with van der Waals surface area (Å²) >= 11 is 0. The molecular formula is C22H24N4O2. The van der Waals surface area contributed by atoms with E-state index in [0.717, 1.165) is 30.6 Å². The number of pyridine rings is 1. The van der Waals surface area contributed by atoms with E-state index < -0.39 is 0 Å². The molecule has 1 fully saturated rings. The topological polar surface area (TPSA) is 66.7 Å². The van der Waals surface area contributed by atoms with Crippen molar-refractivity contribution >= 4 is 17.3 Å². The minimum absolute atomic E-state index is 0.00719. The monoisotopic (exact) mass is 376 g/mol. The third-order valence-corrected chi connectivity index (χ3v) is 5.16. The third-order valence-electron chi connectivity index (χ3n) is 5.16. The normalized spacial score (nSPS) is 16.5. The van der Waals surface area contributed by atoms with Crippen molar-refractivity contribution < 1.29 is 9.59 Å². The van der Waals surface area contributed by atoms with Crippen LogP contribution in [0.2, 0.25) is 0 Å². The Hall–Kier alpha value is -3.15. The van der Waals surface area contributed by atoms with Crippen LogP contribution in [-0.2, 0) is 0 Å². The van der Waals surface area contributed by atoms with Crippen LogP contribution >= 0.6 is 0 Å². The molecule has 0 aliphatic carbocycles. The Bertz CT molecular complexity index is 996. The molecule has 4 rings (SSSR count). The van der Waals surface area contributed by atoms with Crippen LogP contribution in [0.4, 0.5) is 0 Å². The maximum atomic E-state index is 13.1. The number of hydrogen-bond donors (Lipinski definition) is 1. The fourth-order valence-electron chi connectivity index (χ4n) is 3.81. The van der Waals surface area contributed by atoms with Gasteiger partial charge in [-0.05, 0) is 43.5 Å². The first-order valence-electron chi connectivity index (χ1n) is 9.82. The molecule has 0 unspecified atom stereocenters. The first-order valence-corrected chi connectivity index (χ1v) is 9.82. The molecule has 2 aromatic heterocycles. The zero-order valence-electron chi connectivity index (χ0n) is 16.0. The molecule has 144 valence electrons.